The van der Waals surface area contributed by atoms with Crippen molar-refractivity contribution in [1.82, 2.24) is 5.32 Å². The zero-order valence-electron chi connectivity index (χ0n) is 11.4. The second-order valence-corrected chi connectivity index (χ2v) is 4.56. The van der Waals surface area contributed by atoms with Gasteiger partial charge in [-0.05, 0) is 31.5 Å². The van der Waals surface area contributed by atoms with E-state index in [0.717, 1.165) is 25.8 Å². The molecule has 1 fully saturated rings. The Labute approximate surface area is 113 Å². The third-order valence-corrected chi connectivity index (χ3v) is 3.29. The van der Waals surface area contributed by atoms with Crippen LogP contribution in [0.1, 0.15) is 19.3 Å². The van der Waals surface area contributed by atoms with Crippen LogP contribution in [0.2, 0.25) is 0 Å². The van der Waals surface area contributed by atoms with Gasteiger partial charge < -0.3 is 20.1 Å². The van der Waals surface area contributed by atoms with Crippen LogP contribution < -0.4 is 20.1 Å². The summed E-state index contributed by atoms with van der Waals surface area (Å²) in [6, 6.07) is 5.22. The number of hydrogen-bond acceptors (Lipinski definition) is 4. The lowest BCUT2D eigenvalue weighted by atomic mass is 10.0. The highest BCUT2D eigenvalue weighted by atomic mass is 16.5. The third kappa shape index (κ3) is 3.38. The van der Waals surface area contributed by atoms with Crippen LogP contribution in [0.15, 0.2) is 18.2 Å². The van der Waals surface area contributed by atoms with Crippen molar-refractivity contribution in [2.75, 3.05) is 26.1 Å². The number of carbonyl (C=O) groups excluding carboxylic acids is 1. The fourth-order valence-electron chi connectivity index (χ4n) is 2.21. The maximum absolute atomic E-state index is 12.2. The Hall–Kier alpha value is -1.75. The molecule has 0 aliphatic carbocycles. The molecule has 2 rings (SSSR count). The van der Waals surface area contributed by atoms with Crippen molar-refractivity contribution >= 4 is 11.6 Å². The summed E-state index contributed by atoms with van der Waals surface area (Å²) in [5.74, 6) is 1.30. The quantitative estimate of drug-likeness (QED) is 0.870. The third-order valence-electron chi connectivity index (χ3n) is 3.29. The number of methoxy groups -OCH3 is 2. The van der Waals surface area contributed by atoms with Gasteiger partial charge >= 0.3 is 0 Å². The number of carbonyl (C=O) groups is 1. The van der Waals surface area contributed by atoms with Gasteiger partial charge in [0.25, 0.3) is 0 Å². The van der Waals surface area contributed by atoms with Gasteiger partial charge in [0.1, 0.15) is 11.5 Å². The second kappa shape index (κ2) is 6.43. The van der Waals surface area contributed by atoms with Crippen LogP contribution in [0.3, 0.4) is 0 Å². The minimum absolute atomic E-state index is 0.0220. The number of benzene rings is 1. The number of hydrogen-bond donors (Lipinski definition) is 2. The van der Waals surface area contributed by atoms with E-state index in [1.165, 1.54) is 0 Å². The molecule has 1 heterocycles. The SMILES string of the molecule is COc1ccc(OC)c(NC(=O)C2CCCCN2)c1. The van der Waals surface area contributed by atoms with Gasteiger partial charge in [-0.3, -0.25) is 4.79 Å². The van der Waals surface area contributed by atoms with Gasteiger partial charge in [-0.2, -0.15) is 0 Å². The van der Waals surface area contributed by atoms with Crippen molar-refractivity contribution in [2.24, 2.45) is 0 Å². The van der Waals surface area contributed by atoms with Crippen LogP contribution in [0.5, 0.6) is 11.5 Å². The normalized spacial score (nSPS) is 18.7. The molecule has 1 aliphatic rings. The molecule has 2 N–H and O–H groups in total. The predicted octanol–water partition coefficient (Wildman–Crippen LogP) is 1.78. The average molecular weight is 264 g/mol. The molecule has 5 heteroatoms. The first-order chi connectivity index (χ1) is 9.24. The average Bonchev–Trinajstić information content (AvgIpc) is 2.48. The van der Waals surface area contributed by atoms with Gasteiger partial charge in [-0.1, -0.05) is 6.42 Å². The smallest absolute Gasteiger partial charge is 0.241 e. The summed E-state index contributed by atoms with van der Waals surface area (Å²) in [6.07, 6.45) is 3.09. The van der Waals surface area contributed by atoms with Crippen molar-refractivity contribution in [2.45, 2.75) is 25.3 Å². The molecule has 1 unspecified atom stereocenters. The van der Waals surface area contributed by atoms with E-state index in [4.69, 9.17) is 9.47 Å². The molecule has 1 aromatic rings. The summed E-state index contributed by atoms with van der Waals surface area (Å²) in [4.78, 5) is 12.2. The van der Waals surface area contributed by atoms with Crippen LogP contribution in [-0.4, -0.2) is 32.7 Å². The molecule has 0 saturated carbocycles. The van der Waals surface area contributed by atoms with Crippen LogP contribution in [-0.2, 0) is 4.79 Å². The van der Waals surface area contributed by atoms with Gasteiger partial charge in [-0.15, -0.1) is 0 Å². The molecule has 1 saturated heterocycles. The molecule has 1 atom stereocenters. The fraction of sp³-hybridized carbons (Fsp3) is 0.500. The number of ether oxygens (including phenoxy) is 2. The highest BCUT2D eigenvalue weighted by molar-refractivity contribution is 5.96. The van der Waals surface area contributed by atoms with Crippen molar-refractivity contribution in [1.29, 1.82) is 0 Å². The maximum atomic E-state index is 12.2. The van der Waals surface area contributed by atoms with E-state index in [2.05, 4.69) is 10.6 Å². The first-order valence-corrected chi connectivity index (χ1v) is 6.51. The second-order valence-electron chi connectivity index (χ2n) is 4.56. The topological polar surface area (TPSA) is 59.6 Å². The Morgan fingerprint density at radius 3 is 2.79 bits per heavy atom. The summed E-state index contributed by atoms with van der Waals surface area (Å²) >= 11 is 0. The molecule has 0 aromatic heterocycles. The van der Waals surface area contributed by atoms with Crippen molar-refractivity contribution in [3.05, 3.63) is 18.2 Å². The van der Waals surface area contributed by atoms with Gasteiger partial charge in [0.05, 0.1) is 25.9 Å². The highest BCUT2D eigenvalue weighted by Gasteiger charge is 2.21. The summed E-state index contributed by atoms with van der Waals surface area (Å²) < 4.78 is 10.4. The summed E-state index contributed by atoms with van der Waals surface area (Å²) in [7, 11) is 3.17. The molecule has 5 nitrogen and oxygen atoms in total. The Morgan fingerprint density at radius 2 is 2.16 bits per heavy atom. The molecular formula is C14H20N2O3. The van der Waals surface area contributed by atoms with Gasteiger partial charge in [-0.25, -0.2) is 0 Å². The van der Waals surface area contributed by atoms with Gasteiger partial charge in [0.2, 0.25) is 5.91 Å². The van der Waals surface area contributed by atoms with E-state index < -0.39 is 0 Å². The molecule has 1 aliphatic heterocycles. The maximum Gasteiger partial charge on any atom is 0.241 e. The van der Waals surface area contributed by atoms with Crippen LogP contribution in [0.4, 0.5) is 5.69 Å². The summed E-state index contributed by atoms with van der Waals surface area (Å²) in [5, 5.41) is 6.12. The zero-order chi connectivity index (χ0) is 13.7. The van der Waals surface area contributed by atoms with E-state index in [-0.39, 0.29) is 11.9 Å². The zero-order valence-corrected chi connectivity index (χ0v) is 11.4. The minimum atomic E-state index is -0.121. The molecule has 104 valence electrons. The number of nitrogens with one attached hydrogen (secondary N) is 2. The Bertz CT molecular complexity index is 442. The van der Waals surface area contributed by atoms with Crippen LogP contribution in [0.25, 0.3) is 0 Å². The highest BCUT2D eigenvalue weighted by Crippen LogP contribution is 2.29. The Morgan fingerprint density at radius 1 is 1.32 bits per heavy atom. The predicted molar refractivity (Wildman–Crippen MR) is 73.8 cm³/mol. The first-order valence-electron chi connectivity index (χ1n) is 6.51. The van der Waals surface area contributed by atoms with Crippen molar-refractivity contribution in [3.63, 3.8) is 0 Å². The Balaban J connectivity index is 2.10. The molecule has 19 heavy (non-hydrogen) atoms. The van der Waals surface area contributed by atoms with E-state index >= 15 is 0 Å². The van der Waals surface area contributed by atoms with Crippen molar-refractivity contribution in [3.8, 4) is 11.5 Å². The Kier molecular flexibility index (Phi) is 4.63. The van der Waals surface area contributed by atoms with Crippen molar-refractivity contribution < 1.29 is 14.3 Å². The van der Waals surface area contributed by atoms with Crippen LogP contribution in [0, 0.1) is 0 Å². The van der Waals surface area contributed by atoms with Gasteiger partial charge in [0, 0.05) is 6.07 Å². The molecule has 1 amide bonds. The molecule has 1 aromatic carbocycles. The number of anilines is 1. The lowest BCUT2D eigenvalue weighted by molar-refractivity contribution is -0.118. The number of rotatable bonds is 4. The molecule has 0 radical (unpaired) electrons. The molecule has 0 bridgehead atoms. The van der Waals surface area contributed by atoms with E-state index in [1.807, 2.05) is 0 Å². The molecule has 0 spiro atoms. The first kappa shape index (κ1) is 13.7. The van der Waals surface area contributed by atoms with E-state index in [9.17, 15) is 4.79 Å². The standard InChI is InChI=1S/C14H20N2O3/c1-18-10-6-7-13(19-2)12(9-10)16-14(17)11-5-3-4-8-15-11/h6-7,9,11,15H,3-5,8H2,1-2H3,(H,16,17). The van der Waals surface area contributed by atoms with Gasteiger partial charge in [0.15, 0.2) is 0 Å². The lowest BCUT2D eigenvalue weighted by Crippen LogP contribution is -2.43. The summed E-state index contributed by atoms with van der Waals surface area (Å²) in [5.41, 5.74) is 0.638. The van der Waals surface area contributed by atoms with Crippen LogP contribution >= 0.6 is 0 Å². The fourth-order valence-corrected chi connectivity index (χ4v) is 2.21. The number of piperidine rings is 1. The summed E-state index contributed by atoms with van der Waals surface area (Å²) in [6.45, 7) is 0.896. The molecular weight excluding hydrogens is 244 g/mol. The largest absolute Gasteiger partial charge is 0.497 e. The van der Waals surface area contributed by atoms with E-state index in [0.29, 0.717) is 17.2 Å². The van der Waals surface area contributed by atoms with E-state index in [1.54, 1.807) is 32.4 Å². The monoisotopic (exact) mass is 264 g/mol. The number of amides is 1. The minimum Gasteiger partial charge on any atom is -0.497 e. The lowest BCUT2D eigenvalue weighted by Gasteiger charge is -2.23.